The second kappa shape index (κ2) is 5.82. The summed E-state index contributed by atoms with van der Waals surface area (Å²) in [6, 6.07) is 0.155. The van der Waals surface area contributed by atoms with E-state index in [2.05, 4.69) is 5.43 Å². The lowest BCUT2D eigenvalue weighted by atomic mass is 9.97. The highest BCUT2D eigenvalue weighted by Crippen LogP contribution is 2.29. The summed E-state index contributed by atoms with van der Waals surface area (Å²) in [4.78, 5) is 0. The van der Waals surface area contributed by atoms with E-state index >= 15 is 0 Å². The van der Waals surface area contributed by atoms with Crippen LogP contribution in [0.15, 0.2) is 0 Å². The molecule has 1 saturated carbocycles. The summed E-state index contributed by atoms with van der Waals surface area (Å²) in [5, 5.41) is 0. The number of rotatable bonds is 6. The maximum absolute atomic E-state index is 11.0. The first kappa shape index (κ1) is 12.9. The zero-order valence-corrected chi connectivity index (χ0v) is 10.2. The van der Waals surface area contributed by atoms with Crippen molar-refractivity contribution in [3.63, 3.8) is 0 Å². The molecule has 3 N–H and O–H groups in total. The van der Waals surface area contributed by atoms with Crippen LogP contribution >= 0.6 is 0 Å². The van der Waals surface area contributed by atoms with Gasteiger partial charge in [-0.15, -0.1) is 0 Å². The highest BCUT2D eigenvalue weighted by atomic mass is 32.2. The van der Waals surface area contributed by atoms with Crippen LogP contribution in [0.3, 0.4) is 0 Å². The number of sulfone groups is 1. The zero-order chi connectivity index (χ0) is 11.3. The molecule has 1 unspecified atom stereocenters. The van der Waals surface area contributed by atoms with Gasteiger partial charge in [-0.25, -0.2) is 8.42 Å². The Bertz CT molecular complexity index is 271. The van der Waals surface area contributed by atoms with E-state index in [-0.39, 0.29) is 11.8 Å². The first-order valence-electron chi connectivity index (χ1n) is 5.65. The van der Waals surface area contributed by atoms with Crippen LogP contribution in [0.4, 0.5) is 0 Å². The summed E-state index contributed by atoms with van der Waals surface area (Å²) in [5.41, 5.74) is 2.74. The van der Waals surface area contributed by atoms with E-state index in [0.717, 1.165) is 12.3 Å². The van der Waals surface area contributed by atoms with Gasteiger partial charge >= 0.3 is 0 Å². The lowest BCUT2D eigenvalue weighted by Crippen LogP contribution is -2.37. The summed E-state index contributed by atoms with van der Waals surface area (Å²) >= 11 is 0. The largest absolute Gasteiger partial charge is 0.271 e. The molecule has 0 heterocycles. The molecule has 1 atom stereocenters. The molecule has 0 amide bonds. The topological polar surface area (TPSA) is 72.2 Å². The van der Waals surface area contributed by atoms with Gasteiger partial charge in [-0.05, 0) is 18.8 Å². The average Bonchev–Trinajstić information content (AvgIpc) is 2.63. The molecule has 0 radical (unpaired) electrons. The minimum atomic E-state index is -2.86. The lowest BCUT2D eigenvalue weighted by Gasteiger charge is -2.19. The van der Waals surface area contributed by atoms with E-state index < -0.39 is 9.84 Å². The van der Waals surface area contributed by atoms with Gasteiger partial charge in [0, 0.05) is 12.3 Å². The molecule has 0 aromatic heterocycles. The highest BCUT2D eigenvalue weighted by Gasteiger charge is 2.20. The Kier molecular flexibility index (Phi) is 5.02. The first-order valence-corrected chi connectivity index (χ1v) is 7.71. The summed E-state index contributed by atoms with van der Waals surface area (Å²) in [7, 11) is -2.86. The molecular formula is C10H22N2O2S. The van der Waals surface area contributed by atoms with Gasteiger partial charge in [0.2, 0.25) is 0 Å². The van der Waals surface area contributed by atoms with Crippen molar-refractivity contribution in [2.75, 3.05) is 12.0 Å². The molecule has 0 aromatic rings. The molecule has 1 fully saturated rings. The molecule has 1 rings (SSSR count). The minimum absolute atomic E-state index is 0.155. The second-order valence-corrected chi connectivity index (χ2v) is 6.93. The van der Waals surface area contributed by atoms with Crippen LogP contribution in [0.1, 0.15) is 38.5 Å². The van der Waals surface area contributed by atoms with E-state index in [0.29, 0.717) is 6.42 Å². The Morgan fingerprint density at radius 1 is 1.40 bits per heavy atom. The molecule has 5 heteroatoms. The average molecular weight is 234 g/mol. The summed E-state index contributed by atoms with van der Waals surface area (Å²) in [6.45, 7) is 0. The molecule has 1 aliphatic rings. The predicted octanol–water partition coefficient (Wildman–Crippen LogP) is 0.833. The van der Waals surface area contributed by atoms with Crippen LogP contribution in [-0.2, 0) is 9.84 Å². The minimum Gasteiger partial charge on any atom is -0.271 e. The predicted molar refractivity (Wildman–Crippen MR) is 62.0 cm³/mol. The zero-order valence-electron chi connectivity index (χ0n) is 9.41. The Hall–Kier alpha value is -0.130. The molecule has 15 heavy (non-hydrogen) atoms. The van der Waals surface area contributed by atoms with Crippen molar-refractivity contribution < 1.29 is 8.42 Å². The van der Waals surface area contributed by atoms with Gasteiger partial charge in [0.25, 0.3) is 0 Å². The van der Waals surface area contributed by atoms with Crippen LogP contribution in [0.2, 0.25) is 0 Å². The van der Waals surface area contributed by atoms with E-state index in [9.17, 15) is 8.42 Å². The van der Waals surface area contributed by atoms with Crippen molar-refractivity contribution in [2.24, 2.45) is 11.8 Å². The number of nitrogens with one attached hydrogen (secondary N) is 1. The monoisotopic (exact) mass is 234 g/mol. The quantitative estimate of drug-likeness (QED) is 0.527. The van der Waals surface area contributed by atoms with Gasteiger partial charge in [-0.1, -0.05) is 25.7 Å². The van der Waals surface area contributed by atoms with Gasteiger partial charge in [-0.2, -0.15) is 0 Å². The molecule has 1 aliphatic carbocycles. The van der Waals surface area contributed by atoms with Gasteiger partial charge < -0.3 is 0 Å². The third kappa shape index (κ3) is 5.49. The molecule has 0 aromatic carbocycles. The van der Waals surface area contributed by atoms with Crippen molar-refractivity contribution >= 4 is 9.84 Å². The Morgan fingerprint density at radius 2 is 2.00 bits per heavy atom. The van der Waals surface area contributed by atoms with Crippen molar-refractivity contribution in [3.8, 4) is 0 Å². The van der Waals surface area contributed by atoms with Crippen molar-refractivity contribution in [1.29, 1.82) is 0 Å². The van der Waals surface area contributed by atoms with Crippen LogP contribution in [-0.4, -0.2) is 26.5 Å². The molecule has 0 saturated heterocycles. The standard InChI is InChI=1S/C10H22N2O2S/c1-15(13,14)7-6-10(12-11)8-9-4-2-3-5-9/h9-10,12H,2-8,11H2,1H3. The summed E-state index contributed by atoms with van der Waals surface area (Å²) in [5.74, 6) is 6.41. The maximum Gasteiger partial charge on any atom is 0.147 e. The molecule has 90 valence electrons. The van der Waals surface area contributed by atoms with Gasteiger partial charge in [0.1, 0.15) is 9.84 Å². The third-order valence-corrected chi connectivity index (χ3v) is 4.14. The summed E-state index contributed by atoms with van der Waals surface area (Å²) in [6.07, 6.45) is 8.10. The molecular weight excluding hydrogens is 212 g/mol. The van der Waals surface area contributed by atoms with Crippen LogP contribution in [0.5, 0.6) is 0 Å². The van der Waals surface area contributed by atoms with Gasteiger partial charge in [0.15, 0.2) is 0 Å². The van der Waals surface area contributed by atoms with Gasteiger partial charge in [-0.3, -0.25) is 11.3 Å². The summed E-state index contributed by atoms with van der Waals surface area (Å²) < 4.78 is 22.0. The lowest BCUT2D eigenvalue weighted by molar-refractivity contribution is 0.384. The fourth-order valence-corrected chi connectivity index (χ4v) is 2.99. The van der Waals surface area contributed by atoms with E-state index in [1.54, 1.807) is 0 Å². The smallest absolute Gasteiger partial charge is 0.147 e. The first-order chi connectivity index (χ1) is 7.01. The molecule has 0 spiro atoms. The Morgan fingerprint density at radius 3 is 2.47 bits per heavy atom. The van der Waals surface area contributed by atoms with E-state index in [4.69, 9.17) is 5.84 Å². The van der Waals surface area contributed by atoms with E-state index in [1.165, 1.54) is 31.9 Å². The highest BCUT2D eigenvalue weighted by molar-refractivity contribution is 7.90. The fourth-order valence-electron chi connectivity index (χ4n) is 2.27. The molecule has 0 aliphatic heterocycles. The van der Waals surface area contributed by atoms with Gasteiger partial charge in [0.05, 0.1) is 5.75 Å². The number of hydrogen-bond acceptors (Lipinski definition) is 4. The number of nitrogens with two attached hydrogens (primary N) is 1. The third-order valence-electron chi connectivity index (χ3n) is 3.17. The van der Waals surface area contributed by atoms with Crippen LogP contribution in [0, 0.1) is 5.92 Å². The fraction of sp³-hybridized carbons (Fsp3) is 1.00. The Balaban J connectivity index is 2.28. The molecule has 0 bridgehead atoms. The number of hydrazine groups is 1. The Labute approximate surface area is 92.5 Å². The normalized spacial score (nSPS) is 20.7. The van der Waals surface area contributed by atoms with E-state index in [1.807, 2.05) is 0 Å². The van der Waals surface area contributed by atoms with Crippen molar-refractivity contribution in [3.05, 3.63) is 0 Å². The van der Waals surface area contributed by atoms with Crippen LogP contribution in [0.25, 0.3) is 0 Å². The van der Waals surface area contributed by atoms with Crippen LogP contribution < -0.4 is 11.3 Å². The van der Waals surface area contributed by atoms with Crippen molar-refractivity contribution in [2.45, 2.75) is 44.6 Å². The number of hydrogen-bond donors (Lipinski definition) is 2. The second-order valence-electron chi connectivity index (χ2n) is 4.67. The van der Waals surface area contributed by atoms with Crippen molar-refractivity contribution in [1.82, 2.24) is 5.43 Å². The maximum atomic E-state index is 11.0. The SMILES string of the molecule is CS(=O)(=O)CCC(CC1CCCC1)NN. The molecule has 4 nitrogen and oxygen atoms in total.